The van der Waals surface area contributed by atoms with E-state index in [1.807, 2.05) is 37.4 Å². The molecular formula is C25H29N3O3. The van der Waals surface area contributed by atoms with Crippen LogP contribution in [0.25, 0.3) is 10.9 Å². The Labute approximate surface area is 182 Å². The number of amides is 2. The fourth-order valence-electron chi connectivity index (χ4n) is 4.53. The second-order valence-electron chi connectivity index (χ2n) is 8.52. The largest absolute Gasteiger partial charge is 0.480 e. The molecule has 0 radical (unpaired) electrons. The molecule has 2 heterocycles. The van der Waals surface area contributed by atoms with E-state index in [1.54, 1.807) is 4.90 Å². The predicted octanol–water partition coefficient (Wildman–Crippen LogP) is 4.62. The molecule has 162 valence electrons. The lowest BCUT2D eigenvalue weighted by molar-refractivity contribution is -0.139. The maximum absolute atomic E-state index is 12.9. The molecule has 0 saturated carbocycles. The minimum Gasteiger partial charge on any atom is -0.480 e. The van der Waals surface area contributed by atoms with E-state index >= 15 is 0 Å². The van der Waals surface area contributed by atoms with Crippen LogP contribution in [-0.4, -0.2) is 46.1 Å². The number of nitrogens with zero attached hydrogens (tertiary/aromatic N) is 1. The quantitative estimate of drug-likeness (QED) is 0.564. The van der Waals surface area contributed by atoms with Crippen LogP contribution in [0.1, 0.15) is 48.3 Å². The molecule has 4 rings (SSSR count). The van der Waals surface area contributed by atoms with Gasteiger partial charge in [0.15, 0.2) is 0 Å². The van der Waals surface area contributed by atoms with Gasteiger partial charge >= 0.3 is 12.0 Å². The topological polar surface area (TPSA) is 85.4 Å². The van der Waals surface area contributed by atoms with Gasteiger partial charge in [-0.15, -0.1) is 0 Å². The number of hydrogen-bond acceptors (Lipinski definition) is 2. The van der Waals surface area contributed by atoms with E-state index in [2.05, 4.69) is 41.5 Å². The van der Waals surface area contributed by atoms with Gasteiger partial charge in [-0.2, -0.15) is 0 Å². The van der Waals surface area contributed by atoms with Crippen molar-refractivity contribution in [2.24, 2.45) is 0 Å². The normalized spacial score (nSPS) is 16.8. The highest BCUT2D eigenvalue weighted by Gasteiger charge is 2.32. The lowest BCUT2D eigenvalue weighted by Crippen LogP contribution is -2.51. The van der Waals surface area contributed by atoms with Crippen molar-refractivity contribution in [2.75, 3.05) is 13.1 Å². The monoisotopic (exact) mass is 419 g/mol. The SMILES string of the molecule is Cc1ccc(C2CCN(C(=O)N[C@@H](C(=O)O)[C@@H](C)c3c[nH]c4ccccc34)CC2)cc1. The average molecular weight is 420 g/mol. The van der Waals surface area contributed by atoms with E-state index in [-0.39, 0.29) is 11.9 Å². The van der Waals surface area contributed by atoms with Gasteiger partial charge in [0.2, 0.25) is 0 Å². The van der Waals surface area contributed by atoms with Gasteiger partial charge in [-0.3, -0.25) is 0 Å². The summed E-state index contributed by atoms with van der Waals surface area (Å²) in [6, 6.07) is 15.1. The number of carboxylic acid groups (broad SMARTS) is 1. The van der Waals surface area contributed by atoms with Crippen LogP contribution < -0.4 is 5.32 Å². The number of piperidine rings is 1. The fraction of sp³-hybridized carbons (Fsp3) is 0.360. The molecule has 2 aromatic carbocycles. The van der Waals surface area contributed by atoms with E-state index in [4.69, 9.17) is 0 Å². The molecule has 0 spiro atoms. The number of rotatable bonds is 5. The number of benzene rings is 2. The number of nitrogens with one attached hydrogen (secondary N) is 2. The number of para-hydroxylation sites is 1. The Bertz CT molecular complexity index is 1070. The van der Waals surface area contributed by atoms with Crippen molar-refractivity contribution < 1.29 is 14.7 Å². The second-order valence-corrected chi connectivity index (χ2v) is 8.52. The highest BCUT2D eigenvalue weighted by Crippen LogP contribution is 2.30. The maximum Gasteiger partial charge on any atom is 0.326 e. The summed E-state index contributed by atoms with van der Waals surface area (Å²) in [7, 11) is 0. The van der Waals surface area contributed by atoms with Crippen LogP contribution in [0.3, 0.4) is 0 Å². The van der Waals surface area contributed by atoms with Crippen LogP contribution in [-0.2, 0) is 4.79 Å². The third kappa shape index (κ3) is 4.43. The summed E-state index contributed by atoms with van der Waals surface area (Å²) in [4.78, 5) is 29.8. The van der Waals surface area contributed by atoms with E-state index in [1.165, 1.54) is 11.1 Å². The van der Waals surface area contributed by atoms with Crippen LogP contribution in [0.15, 0.2) is 54.7 Å². The summed E-state index contributed by atoms with van der Waals surface area (Å²) in [5, 5.41) is 13.6. The molecular weight excluding hydrogens is 390 g/mol. The van der Waals surface area contributed by atoms with Crippen LogP contribution in [0.2, 0.25) is 0 Å². The molecule has 2 amide bonds. The molecule has 1 aliphatic heterocycles. The Morgan fingerprint density at radius 3 is 2.45 bits per heavy atom. The van der Waals surface area contributed by atoms with Crippen molar-refractivity contribution in [3.05, 3.63) is 71.4 Å². The van der Waals surface area contributed by atoms with E-state index in [9.17, 15) is 14.7 Å². The fourth-order valence-corrected chi connectivity index (χ4v) is 4.53. The first-order valence-electron chi connectivity index (χ1n) is 10.8. The van der Waals surface area contributed by atoms with Gasteiger partial charge in [-0.1, -0.05) is 55.0 Å². The summed E-state index contributed by atoms with van der Waals surface area (Å²) < 4.78 is 0. The molecule has 6 nitrogen and oxygen atoms in total. The van der Waals surface area contributed by atoms with Gasteiger partial charge in [-0.25, -0.2) is 9.59 Å². The maximum atomic E-state index is 12.9. The smallest absolute Gasteiger partial charge is 0.326 e. The van der Waals surface area contributed by atoms with Crippen LogP contribution in [0.5, 0.6) is 0 Å². The number of likely N-dealkylation sites (tertiary alicyclic amines) is 1. The van der Waals surface area contributed by atoms with E-state index < -0.39 is 12.0 Å². The number of aromatic nitrogens is 1. The predicted molar refractivity (Wildman–Crippen MR) is 121 cm³/mol. The highest BCUT2D eigenvalue weighted by molar-refractivity contribution is 5.87. The molecule has 1 saturated heterocycles. The average Bonchev–Trinajstić information content (AvgIpc) is 3.21. The first-order chi connectivity index (χ1) is 14.9. The zero-order valence-electron chi connectivity index (χ0n) is 18.0. The van der Waals surface area contributed by atoms with Gasteiger partial charge in [0.1, 0.15) is 6.04 Å². The van der Waals surface area contributed by atoms with Gasteiger partial charge in [0.05, 0.1) is 0 Å². The van der Waals surface area contributed by atoms with Crippen LogP contribution >= 0.6 is 0 Å². The third-order valence-electron chi connectivity index (χ3n) is 6.49. The number of fused-ring (bicyclic) bond motifs is 1. The Kier molecular flexibility index (Phi) is 5.98. The van der Waals surface area contributed by atoms with Crippen molar-refractivity contribution in [3.8, 4) is 0 Å². The van der Waals surface area contributed by atoms with Gasteiger partial charge in [0, 0.05) is 36.1 Å². The third-order valence-corrected chi connectivity index (χ3v) is 6.49. The molecule has 0 aliphatic carbocycles. The Hall–Kier alpha value is -3.28. The standard InChI is InChI=1S/C25H29N3O3/c1-16-7-9-18(10-8-16)19-11-13-28(14-12-19)25(31)27-23(24(29)30)17(2)21-15-26-22-6-4-3-5-20(21)22/h3-10,15,17,19,23,26H,11-14H2,1-2H3,(H,27,31)(H,29,30)/t17-,23+/m0/s1. The summed E-state index contributed by atoms with van der Waals surface area (Å²) in [6.07, 6.45) is 3.60. The molecule has 1 fully saturated rings. The molecule has 0 bridgehead atoms. The number of aromatic amines is 1. The molecule has 1 aromatic heterocycles. The first kappa shape index (κ1) is 21.0. The molecule has 6 heteroatoms. The highest BCUT2D eigenvalue weighted by atomic mass is 16.4. The summed E-state index contributed by atoms with van der Waals surface area (Å²) in [5.41, 5.74) is 4.39. The molecule has 3 aromatic rings. The number of carbonyl (C=O) groups is 2. The first-order valence-corrected chi connectivity index (χ1v) is 10.8. The number of aliphatic carboxylic acids is 1. The number of H-pyrrole nitrogens is 1. The molecule has 31 heavy (non-hydrogen) atoms. The number of hydrogen-bond donors (Lipinski definition) is 3. The van der Waals surface area contributed by atoms with Crippen molar-refractivity contribution in [1.82, 2.24) is 15.2 Å². The second kappa shape index (κ2) is 8.84. The molecule has 3 N–H and O–H groups in total. The Morgan fingerprint density at radius 1 is 1.10 bits per heavy atom. The number of carboxylic acids is 1. The number of urea groups is 1. The van der Waals surface area contributed by atoms with Gasteiger partial charge in [-0.05, 0) is 42.9 Å². The van der Waals surface area contributed by atoms with Crippen LogP contribution in [0, 0.1) is 6.92 Å². The van der Waals surface area contributed by atoms with Crippen LogP contribution in [0.4, 0.5) is 4.79 Å². The zero-order chi connectivity index (χ0) is 22.0. The summed E-state index contributed by atoms with van der Waals surface area (Å²) in [5.74, 6) is -0.964. The van der Waals surface area contributed by atoms with E-state index in [0.717, 1.165) is 29.3 Å². The number of aryl methyl sites for hydroxylation is 1. The van der Waals surface area contributed by atoms with Crippen molar-refractivity contribution >= 4 is 22.9 Å². The molecule has 1 aliphatic rings. The zero-order valence-corrected chi connectivity index (χ0v) is 18.0. The van der Waals surface area contributed by atoms with Gasteiger partial charge < -0.3 is 20.3 Å². The van der Waals surface area contributed by atoms with E-state index in [0.29, 0.717) is 19.0 Å². The van der Waals surface area contributed by atoms with Crippen molar-refractivity contribution in [1.29, 1.82) is 0 Å². The Morgan fingerprint density at radius 2 is 1.77 bits per heavy atom. The molecule has 2 atom stereocenters. The number of carbonyl (C=O) groups excluding carboxylic acids is 1. The van der Waals surface area contributed by atoms with Gasteiger partial charge in [0.25, 0.3) is 0 Å². The summed E-state index contributed by atoms with van der Waals surface area (Å²) in [6.45, 7) is 5.17. The lowest BCUT2D eigenvalue weighted by Gasteiger charge is -2.33. The van der Waals surface area contributed by atoms with Crippen molar-refractivity contribution in [3.63, 3.8) is 0 Å². The molecule has 0 unspecified atom stereocenters. The minimum atomic E-state index is -1.03. The summed E-state index contributed by atoms with van der Waals surface area (Å²) >= 11 is 0. The minimum absolute atomic E-state index is 0.304. The lowest BCUT2D eigenvalue weighted by atomic mass is 9.89. The van der Waals surface area contributed by atoms with Crippen molar-refractivity contribution in [2.45, 2.75) is 44.6 Å². The Balaban J connectivity index is 1.41.